The van der Waals surface area contributed by atoms with Crippen molar-refractivity contribution in [3.63, 3.8) is 0 Å². The van der Waals surface area contributed by atoms with Crippen molar-refractivity contribution in [2.24, 2.45) is 0 Å². The Kier molecular flexibility index (Phi) is 6.39. The minimum atomic E-state index is -3.56. The normalized spacial score (nSPS) is 20.5. The van der Waals surface area contributed by atoms with Gasteiger partial charge in [0.05, 0.1) is 11.5 Å². The lowest BCUT2D eigenvalue weighted by Crippen LogP contribution is -2.43. The number of benzene rings is 1. The minimum absolute atomic E-state index is 0.0875. The smallest absolute Gasteiger partial charge is 0.317 e. The van der Waals surface area contributed by atoms with Gasteiger partial charge in [-0.15, -0.1) is 0 Å². The number of nitrogens with one attached hydrogen (secondary N) is 1. The van der Waals surface area contributed by atoms with Gasteiger partial charge in [0.15, 0.2) is 0 Å². The number of hydrogen-bond acceptors (Lipinski definition) is 4. The third kappa shape index (κ3) is 4.28. The maximum atomic E-state index is 13.1. The zero-order chi connectivity index (χ0) is 19.4. The van der Waals surface area contributed by atoms with Crippen molar-refractivity contribution in [1.82, 2.24) is 14.5 Å². The van der Waals surface area contributed by atoms with Crippen LogP contribution in [0.3, 0.4) is 0 Å². The van der Waals surface area contributed by atoms with Gasteiger partial charge in [-0.3, -0.25) is 0 Å². The van der Waals surface area contributed by atoms with Crippen LogP contribution in [0, 0.1) is 0 Å². The number of carbonyl (C=O) groups excluding carboxylic acids is 1. The van der Waals surface area contributed by atoms with Gasteiger partial charge in [-0.25, -0.2) is 13.2 Å². The number of urea groups is 1. The van der Waals surface area contributed by atoms with Crippen LogP contribution < -0.4 is 5.32 Å². The molecule has 0 bridgehead atoms. The number of nitrogens with zero attached hydrogens (tertiary/aromatic N) is 2. The molecule has 0 spiro atoms. The summed E-state index contributed by atoms with van der Waals surface area (Å²) in [6, 6.07) is 5.14. The number of carbonyl (C=O) groups is 1. The molecule has 2 aliphatic rings. The van der Waals surface area contributed by atoms with Crippen molar-refractivity contribution in [2.45, 2.75) is 50.1 Å². The fraction of sp³-hybridized carbons (Fsp3) is 0.632. The average Bonchev–Trinajstić information content (AvgIpc) is 3.14. The minimum Gasteiger partial charge on any atom is -0.383 e. The average molecular weight is 396 g/mol. The first-order valence-corrected chi connectivity index (χ1v) is 11.1. The molecule has 0 radical (unpaired) electrons. The number of amides is 2. The van der Waals surface area contributed by atoms with E-state index in [2.05, 4.69) is 5.32 Å². The summed E-state index contributed by atoms with van der Waals surface area (Å²) in [5, 5.41) is 2.89. The number of rotatable bonds is 6. The second kappa shape index (κ2) is 8.58. The van der Waals surface area contributed by atoms with Gasteiger partial charge >= 0.3 is 6.03 Å². The Morgan fingerprint density at radius 2 is 2.11 bits per heavy atom. The molecule has 27 heavy (non-hydrogen) atoms. The van der Waals surface area contributed by atoms with Gasteiger partial charge in [-0.05, 0) is 48.9 Å². The summed E-state index contributed by atoms with van der Waals surface area (Å²) in [6.45, 7) is 4.69. The van der Waals surface area contributed by atoms with Crippen molar-refractivity contribution in [3.8, 4) is 0 Å². The fourth-order valence-corrected chi connectivity index (χ4v) is 5.56. The lowest BCUT2D eigenvalue weighted by Gasteiger charge is -2.30. The van der Waals surface area contributed by atoms with E-state index in [0.717, 1.165) is 36.8 Å². The zero-order valence-electron chi connectivity index (χ0n) is 16.1. The van der Waals surface area contributed by atoms with E-state index in [-0.39, 0.29) is 12.1 Å². The van der Waals surface area contributed by atoms with Gasteiger partial charge in [0.25, 0.3) is 0 Å². The Morgan fingerprint density at radius 3 is 2.85 bits per heavy atom. The molecular weight excluding hydrogens is 366 g/mol. The molecule has 0 aliphatic carbocycles. The highest BCUT2D eigenvalue weighted by Gasteiger charge is 2.35. The van der Waals surface area contributed by atoms with E-state index >= 15 is 0 Å². The number of fused-ring (bicyclic) bond motifs is 1. The van der Waals surface area contributed by atoms with Crippen molar-refractivity contribution in [2.75, 3.05) is 33.4 Å². The molecule has 0 saturated carbocycles. The van der Waals surface area contributed by atoms with Crippen molar-refractivity contribution in [3.05, 3.63) is 29.3 Å². The molecule has 1 N–H and O–H groups in total. The SMILES string of the molecule is CCCNC(=O)N1CCc2ccc(S(=O)(=O)N3CCC[C@H]3COC)cc2C1. The lowest BCUT2D eigenvalue weighted by molar-refractivity contribution is 0.149. The molecular formula is C19H29N3O4S. The fourth-order valence-electron chi connectivity index (χ4n) is 3.83. The number of sulfonamides is 1. The van der Waals surface area contributed by atoms with E-state index in [1.54, 1.807) is 28.4 Å². The molecule has 7 nitrogen and oxygen atoms in total. The Bertz CT molecular complexity index is 781. The van der Waals surface area contributed by atoms with E-state index in [1.165, 1.54) is 0 Å². The van der Waals surface area contributed by atoms with Gasteiger partial charge in [0, 0.05) is 39.3 Å². The maximum Gasteiger partial charge on any atom is 0.317 e. The van der Waals surface area contributed by atoms with E-state index in [0.29, 0.717) is 37.7 Å². The predicted molar refractivity (Wildman–Crippen MR) is 103 cm³/mol. The predicted octanol–water partition coefficient (Wildman–Crippen LogP) is 1.96. The highest BCUT2D eigenvalue weighted by molar-refractivity contribution is 7.89. The molecule has 2 heterocycles. The molecule has 1 aromatic carbocycles. The molecule has 1 saturated heterocycles. The van der Waals surface area contributed by atoms with Crippen LogP contribution in [-0.2, 0) is 27.7 Å². The highest BCUT2D eigenvalue weighted by atomic mass is 32.2. The summed E-state index contributed by atoms with van der Waals surface area (Å²) in [5.41, 5.74) is 2.03. The van der Waals surface area contributed by atoms with Gasteiger partial charge < -0.3 is 15.0 Å². The van der Waals surface area contributed by atoms with E-state index in [9.17, 15) is 13.2 Å². The summed E-state index contributed by atoms with van der Waals surface area (Å²) in [4.78, 5) is 14.3. The first kappa shape index (κ1) is 20.1. The standard InChI is InChI=1S/C19H29N3O4S/c1-3-9-20-19(23)21-11-8-15-6-7-18(12-16(15)13-21)27(24,25)22-10-4-5-17(22)14-26-2/h6-7,12,17H,3-5,8-11,13-14H2,1-2H3,(H,20,23)/t17-/m0/s1. The van der Waals surface area contributed by atoms with Crippen LogP contribution in [0.4, 0.5) is 4.79 Å². The number of hydrogen-bond donors (Lipinski definition) is 1. The van der Waals surface area contributed by atoms with Crippen LogP contribution in [0.1, 0.15) is 37.3 Å². The van der Waals surface area contributed by atoms with Crippen LogP contribution >= 0.6 is 0 Å². The Hall–Kier alpha value is -1.64. The monoisotopic (exact) mass is 395 g/mol. The van der Waals surface area contributed by atoms with Gasteiger partial charge in [-0.1, -0.05) is 13.0 Å². The molecule has 3 rings (SSSR count). The maximum absolute atomic E-state index is 13.1. The molecule has 0 aromatic heterocycles. The third-order valence-corrected chi connectivity index (χ3v) is 7.24. The zero-order valence-corrected chi connectivity index (χ0v) is 16.9. The molecule has 1 fully saturated rings. The third-order valence-electron chi connectivity index (χ3n) is 5.29. The van der Waals surface area contributed by atoms with Crippen LogP contribution in [0.5, 0.6) is 0 Å². The second-order valence-electron chi connectivity index (χ2n) is 7.20. The van der Waals surface area contributed by atoms with Crippen LogP contribution in [0.15, 0.2) is 23.1 Å². The van der Waals surface area contributed by atoms with E-state index in [4.69, 9.17) is 4.74 Å². The Balaban J connectivity index is 1.80. The van der Waals surface area contributed by atoms with Gasteiger partial charge in [-0.2, -0.15) is 4.31 Å². The molecule has 1 atom stereocenters. The molecule has 8 heteroatoms. The highest BCUT2D eigenvalue weighted by Crippen LogP contribution is 2.29. The summed E-state index contributed by atoms with van der Waals surface area (Å²) >= 11 is 0. The molecule has 2 amide bonds. The quantitative estimate of drug-likeness (QED) is 0.799. The largest absolute Gasteiger partial charge is 0.383 e. The summed E-state index contributed by atoms with van der Waals surface area (Å²) < 4.78 is 33.0. The van der Waals surface area contributed by atoms with E-state index in [1.807, 2.05) is 13.0 Å². The molecule has 1 aromatic rings. The van der Waals surface area contributed by atoms with Crippen molar-refractivity contribution in [1.29, 1.82) is 0 Å². The Morgan fingerprint density at radius 1 is 1.30 bits per heavy atom. The Labute approximate surface area is 161 Å². The molecule has 150 valence electrons. The van der Waals surface area contributed by atoms with Crippen molar-refractivity contribution < 1.29 is 17.9 Å². The topological polar surface area (TPSA) is 79.0 Å². The first-order valence-electron chi connectivity index (χ1n) is 9.62. The van der Waals surface area contributed by atoms with Gasteiger partial charge in [0.1, 0.15) is 0 Å². The van der Waals surface area contributed by atoms with Crippen LogP contribution in [-0.4, -0.2) is 63.0 Å². The van der Waals surface area contributed by atoms with Crippen molar-refractivity contribution >= 4 is 16.1 Å². The van der Waals surface area contributed by atoms with Crippen LogP contribution in [0.2, 0.25) is 0 Å². The molecule has 2 aliphatic heterocycles. The summed E-state index contributed by atoms with van der Waals surface area (Å²) in [6.07, 6.45) is 3.30. The van der Waals surface area contributed by atoms with Gasteiger partial charge in [0.2, 0.25) is 10.0 Å². The summed E-state index contributed by atoms with van der Waals surface area (Å²) in [5.74, 6) is 0. The summed E-state index contributed by atoms with van der Waals surface area (Å²) in [7, 11) is -1.96. The molecule has 0 unspecified atom stereocenters. The first-order chi connectivity index (χ1) is 13.0. The van der Waals surface area contributed by atoms with Crippen LogP contribution in [0.25, 0.3) is 0 Å². The number of methoxy groups -OCH3 is 1. The second-order valence-corrected chi connectivity index (χ2v) is 9.09. The number of ether oxygens (including phenoxy) is 1. The van der Waals surface area contributed by atoms with E-state index < -0.39 is 10.0 Å². The lowest BCUT2D eigenvalue weighted by atomic mass is 10.0.